The molecule has 0 spiro atoms. The van der Waals surface area contributed by atoms with Crippen molar-refractivity contribution in [1.29, 1.82) is 0 Å². The summed E-state index contributed by atoms with van der Waals surface area (Å²) in [5, 5.41) is 0.785. The fourth-order valence-electron chi connectivity index (χ4n) is 1.42. The Balaban J connectivity index is 2.06. The van der Waals surface area contributed by atoms with E-state index in [9.17, 15) is 4.79 Å². The first-order valence-corrected chi connectivity index (χ1v) is 5.89. The van der Waals surface area contributed by atoms with Gasteiger partial charge < -0.3 is 10.5 Å². The molecule has 15 heavy (non-hydrogen) atoms. The molecule has 4 nitrogen and oxygen atoms in total. The fourth-order valence-corrected chi connectivity index (χ4v) is 2.25. The zero-order chi connectivity index (χ0) is 10.8. The standard InChI is InChI=1S/C10H14N2O2S/c1-6-9(15-8(5-11)12-6)10(13)14-7-3-2-4-7/h7H,2-5,11H2,1H3. The Morgan fingerprint density at radius 2 is 2.40 bits per heavy atom. The molecule has 1 aliphatic rings. The molecule has 1 aliphatic carbocycles. The van der Waals surface area contributed by atoms with Crippen molar-refractivity contribution in [2.45, 2.75) is 38.8 Å². The van der Waals surface area contributed by atoms with E-state index in [2.05, 4.69) is 4.98 Å². The summed E-state index contributed by atoms with van der Waals surface area (Å²) < 4.78 is 5.30. The van der Waals surface area contributed by atoms with Crippen molar-refractivity contribution in [2.75, 3.05) is 0 Å². The normalized spacial score (nSPS) is 16.1. The van der Waals surface area contributed by atoms with E-state index in [1.54, 1.807) is 0 Å². The highest BCUT2D eigenvalue weighted by atomic mass is 32.1. The first-order valence-electron chi connectivity index (χ1n) is 5.08. The number of carbonyl (C=O) groups excluding carboxylic acids is 1. The molecule has 0 aromatic carbocycles. The Labute approximate surface area is 92.5 Å². The summed E-state index contributed by atoms with van der Waals surface area (Å²) in [5.74, 6) is -0.241. The minimum Gasteiger partial charge on any atom is -0.458 e. The molecule has 1 heterocycles. The van der Waals surface area contributed by atoms with Crippen molar-refractivity contribution in [3.05, 3.63) is 15.6 Å². The van der Waals surface area contributed by atoms with Crippen LogP contribution in [-0.4, -0.2) is 17.1 Å². The number of nitrogens with zero attached hydrogens (tertiary/aromatic N) is 1. The van der Waals surface area contributed by atoms with Gasteiger partial charge in [-0.2, -0.15) is 0 Å². The minimum absolute atomic E-state index is 0.125. The van der Waals surface area contributed by atoms with E-state index in [0.29, 0.717) is 11.4 Å². The lowest BCUT2D eigenvalue weighted by Gasteiger charge is -2.24. The molecule has 5 heteroatoms. The highest BCUT2D eigenvalue weighted by Gasteiger charge is 2.24. The molecule has 2 rings (SSSR count). The average molecular weight is 226 g/mol. The van der Waals surface area contributed by atoms with E-state index in [0.717, 1.165) is 30.0 Å². The van der Waals surface area contributed by atoms with Gasteiger partial charge in [-0.25, -0.2) is 9.78 Å². The van der Waals surface area contributed by atoms with Gasteiger partial charge in [-0.3, -0.25) is 0 Å². The van der Waals surface area contributed by atoms with Crippen LogP contribution in [0.1, 0.15) is 39.6 Å². The summed E-state index contributed by atoms with van der Waals surface area (Å²) in [6.45, 7) is 2.19. The lowest BCUT2D eigenvalue weighted by Crippen LogP contribution is -2.24. The molecule has 0 radical (unpaired) electrons. The number of thiazole rings is 1. The lowest BCUT2D eigenvalue weighted by atomic mass is 9.96. The number of esters is 1. The predicted octanol–water partition coefficient (Wildman–Crippen LogP) is 1.62. The second-order valence-electron chi connectivity index (χ2n) is 3.68. The Morgan fingerprint density at radius 3 is 2.87 bits per heavy atom. The van der Waals surface area contributed by atoms with Crippen LogP contribution >= 0.6 is 11.3 Å². The van der Waals surface area contributed by atoms with Crippen molar-refractivity contribution >= 4 is 17.3 Å². The van der Waals surface area contributed by atoms with Crippen molar-refractivity contribution in [2.24, 2.45) is 5.73 Å². The van der Waals surface area contributed by atoms with Gasteiger partial charge in [-0.05, 0) is 26.2 Å². The number of ether oxygens (including phenoxy) is 1. The van der Waals surface area contributed by atoms with Gasteiger partial charge in [-0.1, -0.05) is 0 Å². The molecule has 1 aromatic heterocycles. The molecule has 82 valence electrons. The zero-order valence-electron chi connectivity index (χ0n) is 8.66. The minimum atomic E-state index is -0.241. The maximum atomic E-state index is 11.7. The summed E-state index contributed by atoms with van der Waals surface area (Å²) >= 11 is 1.33. The summed E-state index contributed by atoms with van der Waals surface area (Å²) in [4.78, 5) is 16.5. The third-order valence-corrected chi connectivity index (χ3v) is 3.69. The van der Waals surface area contributed by atoms with E-state index in [4.69, 9.17) is 10.5 Å². The number of rotatable bonds is 3. The van der Waals surface area contributed by atoms with Crippen molar-refractivity contribution < 1.29 is 9.53 Å². The van der Waals surface area contributed by atoms with Gasteiger partial charge in [0.25, 0.3) is 0 Å². The number of hydrogen-bond donors (Lipinski definition) is 1. The van der Waals surface area contributed by atoms with E-state index in [-0.39, 0.29) is 12.1 Å². The van der Waals surface area contributed by atoms with Crippen molar-refractivity contribution in [3.8, 4) is 0 Å². The molecule has 1 fully saturated rings. The number of hydrogen-bond acceptors (Lipinski definition) is 5. The van der Waals surface area contributed by atoms with Crippen LogP contribution in [0.2, 0.25) is 0 Å². The van der Waals surface area contributed by atoms with Crippen molar-refractivity contribution in [1.82, 2.24) is 4.98 Å². The summed E-state index contributed by atoms with van der Waals surface area (Å²) in [6.07, 6.45) is 3.27. The van der Waals surface area contributed by atoms with Gasteiger partial charge in [0.15, 0.2) is 0 Å². The van der Waals surface area contributed by atoms with E-state index in [1.807, 2.05) is 6.92 Å². The molecule has 0 amide bonds. The maximum absolute atomic E-state index is 11.7. The van der Waals surface area contributed by atoms with Gasteiger partial charge >= 0.3 is 5.97 Å². The third-order valence-electron chi connectivity index (χ3n) is 2.53. The quantitative estimate of drug-likeness (QED) is 0.795. The number of nitrogens with two attached hydrogens (primary N) is 1. The smallest absolute Gasteiger partial charge is 0.350 e. The first-order chi connectivity index (χ1) is 7.20. The Morgan fingerprint density at radius 1 is 1.67 bits per heavy atom. The first kappa shape index (κ1) is 10.6. The predicted molar refractivity (Wildman–Crippen MR) is 57.8 cm³/mol. The highest BCUT2D eigenvalue weighted by Crippen LogP contribution is 2.25. The number of aromatic nitrogens is 1. The lowest BCUT2D eigenvalue weighted by molar-refractivity contribution is 0.00945. The molecule has 0 atom stereocenters. The van der Waals surface area contributed by atoms with Crippen molar-refractivity contribution in [3.63, 3.8) is 0 Å². The SMILES string of the molecule is Cc1nc(CN)sc1C(=O)OC1CCC1. The van der Waals surface area contributed by atoms with Gasteiger partial charge in [0.2, 0.25) is 0 Å². The van der Waals surface area contributed by atoms with Crippen LogP contribution in [0.25, 0.3) is 0 Å². The second-order valence-corrected chi connectivity index (χ2v) is 4.77. The monoisotopic (exact) mass is 226 g/mol. The topological polar surface area (TPSA) is 65.2 Å². The van der Waals surface area contributed by atoms with Crippen LogP contribution in [0.4, 0.5) is 0 Å². The molecule has 2 N–H and O–H groups in total. The van der Waals surface area contributed by atoms with Crippen LogP contribution in [-0.2, 0) is 11.3 Å². The molecule has 1 saturated carbocycles. The van der Waals surface area contributed by atoms with Gasteiger partial charge in [0, 0.05) is 6.54 Å². The summed E-state index contributed by atoms with van der Waals surface area (Å²) in [5.41, 5.74) is 6.19. The Bertz CT molecular complexity index is 371. The van der Waals surface area contributed by atoms with E-state index < -0.39 is 0 Å². The number of aryl methyl sites for hydroxylation is 1. The molecule has 0 aliphatic heterocycles. The van der Waals surface area contributed by atoms with Crippen LogP contribution in [0.3, 0.4) is 0 Å². The van der Waals surface area contributed by atoms with Crippen LogP contribution < -0.4 is 5.73 Å². The number of carbonyl (C=O) groups is 1. The molecule has 0 bridgehead atoms. The Hall–Kier alpha value is -0.940. The molecular formula is C10H14N2O2S. The van der Waals surface area contributed by atoms with Crippen LogP contribution in [0.15, 0.2) is 0 Å². The molecule has 1 aromatic rings. The second kappa shape index (κ2) is 4.28. The molecular weight excluding hydrogens is 212 g/mol. The van der Waals surface area contributed by atoms with Gasteiger partial charge in [0.05, 0.1) is 5.69 Å². The summed E-state index contributed by atoms with van der Waals surface area (Å²) in [7, 11) is 0. The molecule has 0 saturated heterocycles. The van der Waals surface area contributed by atoms with Gasteiger partial charge in [0.1, 0.15) is 16.0 Å². The third kappa shape index (κ3) is 2.18. The zero-order valence-corrected chi connectivity index (χ0v) is 9.47. The average Bonchev–Trinajstić information content (AvgIpc) is 2.53. The maximum Gasteiger partial charge on any atom is 0.350 e. The molecule has 0 unspecified atom stereocenters. The van der Waals surface area contributed by atoms with Gasteiger partial charge in [-0.15, -0.1) is 11.3 Å². The van der Waals surface area contributed by atoms with Crippen LogP contribution in [0.5, 0.6) is 0 Å². The largest absolute Gasteiger partial charge is 0.458 e. The highest BCUT2D eigenvalue weighted by molar-refractivity contribution is 7.13. The Kier molecular flexibility index (Phi) is 3.02. The van der Waals surface area contributed by atoms with E-state index in [1.165, 1.54) is 11.3 Å². The van der Waals surface area contributed by atoms with Crippen LogP contribution in [0, 0.1) is 6.92 Å². The summed E-state index contributed by atoms with van der Waals surface area (Å²) in [6, 6.07) is 0. The van der Waals surface area contributed by atoms with E-state index >= 15 is 0 Å². The fraction of sp³-hybridized carbons (Fsp3) is 0.600.